The minimum absolute atomic E-state index is 0.351. The second-order valence-corrected chi connectivity index (χ2v) is 9.35. The molecule has 2 saturated carbocycles. The number of rotatable bonds is 9. The van der Waals surface area contributed by atoms with Gasteiger partial charge in [0.15, 0.2) is 0 Å². The van der Waals surface area contributed by atoms with Crippen molar-refractivity contribution in [3.63, 3.8) is 0 Å². The van der Waals surface area contributed by atoms with Crippen molar-refractivity contribution >= 4 is 0 Å². The molecule has 2 aliphatic rings. The Kier molecular flexibility index (Phi) is 8.80. The van der Waals surface area contributed by atoms with E-state index >= 15 is 0 Å². The van der Waals surface area contributed by atoms with Crippen LogP contribution in [0.3, 0.4) is 0 Å². The van der Waals surface area contributed by atoms with Crippen molar-refractivity contribution in [2.24, 2.45) is 23.2 Å². The molecule has 0 aromatic rings. The van der Waals surface area contributed by atoms with Gasteiger partial charge in [0.25, 0.3) is 0 Å². The van der Waals surface area contributed by atoms with Gasteiger partial charge in [-0.2, -0.15) is 13.2 Å². The van der Waals surface area contributed by atoms with Crippen LogP contribution in [0.1, 0.15) is 117 Å². The molecule has 3 heteroatoms. The molecule has 0 atom stereocenters. The van der Waals surface area contributed by atoms with E-state index in [0.29, 0.717) is 37.5 Å². The molecule has 0 aromatic carbocycles. The minimum Gasteiger partial charge on any atom is -0.171 e. The van der Waals surface area contributed by atoms with Crippen molar-refractivity contribution in [1.29, 1.82) is 0 Å². The third-order valence-electron chi connectivity index (χ3n) is 7.62. The molecular formula is C23H41F3. The monoisotopic (exact) mass is 374 g/mol. The Morgan fingerprint density at radius 1 is 0.731 bits per heavy atom. The summed E-state index contributed by atoms with van der Waals surface area (Å²) in [4.78, 5) is 0. The molecule has 0 aliphatic heterocycles. The molecule has 0 saturated heterocycles. The summed E-state index contributed by atoms with van der Waals surface area (Å²) in [6, 6.07) is 0. The zero-order valence-corrected chi connectivity index (χ0v) is 17.2. The summed E-state index contributed by atoms with van der Waals surface area (Å²) in [5, 5.41) is 0. The van der Waals surface area contributed by atoms with Gasteiger partial charge >= 0.3 is 6.18 Å². The Bertz CT molecular complexity index is 371. The van der Waals surface area contributed by atoms with Crippen LogP contribution in [0, 0.1) is 23.2 Å². The highest BCUT2D eigenvalue weighted by molar-refractivity contribution is 4.93. The average Bonchev–Trinajstić information content (AvgIpc) is 2.64. The lowest BCUT2D eigenvalue weighted by atomic mass is 9.62. The van der Waals surface area contributed by atoms with Gasteiger partial charge in [-0.3, -0.25) is 0 Å². The zero-order chi connectivity index (χ0) is 19.0. The smallest absolute Gasteiger partial charge is 0.171 e. The van der Waals surface area contributed by atoms with Crippen LogP contribution in [-0.4, -0.2) is 6.18 Å². The lowest BCUT2D eigenvalue weighted by molar-refractivity contribution is -0.241. The molecule has 26 heavy (non-hydrogen) atoms. The summed E-state index contributed by atoms with van der Waals surface area (Å²) < 4.78 is 41.1. The van der Waals surface area contributed by atoms with Gasteiger partial charge in [0, 0.05) is 0 Å². The van der Waals surface area contributed by atoms with E-state index in [2.05, 4.69) is 6.92 Å². The van der Waals surface area contributed by atoms with E-state index < -0.39 is 11.6 Å². The summed E-state index contributed by atoms with van der Waals surface area (Å²) in [5.41, 5.74) is -1.37. The highest BCUT2D eigenvalue weighted by Gasteiger charge is 2.55. The summed E-state index contributed by atoms with van der Waals surface area (Å²) in [6.45, 7) is 4.25. The van der Waals surface area contributed by atoms with Gasteiger partial charge in [0.1, 0.15) is 0 Å². The molecule has 0 bridgehead atoms. The minimum atomic E-state index is -4.01. The van der Waals surface area contributed by atoms with E-state index in [1.165, 1.54) is 57.8 Å². The molecule has 0 aromatic heterocycles. The first-order chi connectivity index (χ1) is 12.4. The number of alkyl halides is 3. The molecule has 2 fully saturated rings. The van der Waals surface area contributed by atoms with Crippen LogP contribution < -0.4 is 0 Å². The summed E-state index contributed by atoms with van der Waals surface area (Å²) >= 11 is 0. The maximum absolute atomic E-state index is 13.7. The van der Waals surface area contributed by atoms with Crippen molar-refractivity contribution in [1.82, 2.24) is 0 Å². The Morgan fingerprint density at radius 3 is 1.85 bits per heavy atom. The third kappa shape index (κ3) is 5.89. The maximum Gasteiger partial charge on any atom is 0.394 e. The van der Waals surface area contributed by atoms with Gasteiger partial charge in [-0.05, 0) is 62.7 Å². The highest BCUT2D eigenvalue weighted by atomic mass is 19.4. The van der Waals surface area contributed by atoms with Gasteiger partial charge in [-0.1, -0.05) is 71.6 Å². The first-order valence-corrected chi connectivity index (χ1v) is 11.5. The van der Waals surface area contributed by atoms with Gasteiger partial charge in [-0.15, -0.1) is 0 Å². The fourth-order valence-corrected chi connectivity index (χ4v) is 5.66. The molecule has 2 aliphatic carbocycles. The van der Waals surface area contributed by atoms with Crippen LogP contribution in [0.4, 0.5) is 13.2 Å². The lowest BCUT2D eigenvalue weighted by Crippen LogP contribution is -2.42. The van der Waals surface area contributed by atoms with Gasteiger partial charge in [0.2, 0.25) is 0 Å². The number of unbranched alkanes of at least 4 members (excludes halogenated alkanes) is 4. The van der Waals surface area contributed by atoms with Gasteiger partial charge in [-0.25, -0.2) is 0 Å². The summed E-state index contributed by atoms with van der Waals surface area (Å²) in [6.07, 6.45) is 12.3. The molecule has 0 N–H and O–H groups in total. The van der Waals surface area contributed by atoms with Gasteiger partial charge < -0.3 is 0 Å². The molecule has 154 valence electrons. The lowest BCUT2D eigenvalue weighted by Gasteiger charge is -2.44. The van der Waals surface area contributed by atoms with E-state index in [4.69, 9.17) is 0 Å². The van der Waals surface area contributed by atoms with Gasteiger partial charge in [0.05, 0.1) is 5.41 Å². The van der Waals surface area contributed by atoms with E-state index in [1.54, 1.807) is 0 Å². The number of hydrogen-bond donors (Lipinski definition) is 0. The van der Waals surface area contributed by atoms with Crippen LogP contribution in [0.5, 0.6) is 0 Å². The molecule has 0 unspecified atom stereocenters. The molecule has 0 spiro atoms. The molecule has 0 radical (unpaired) electrons. The standard InChI is InChI=1S/C23H41F3/c1-3-5-7-8-9-19-10-12-20(13-11-19)21-14-17-22(18-15-21,16-6-4-2)23(24,25)26/h19-21H,3-18H2,1-2H3. The summed E-state index contributed by atoms with van der Waals surface area (Å²) in [5.74, 6) is 2.16. The SMILES string of the molecule is CCCCCCC1CCC(C2CCC(CCCC)(C(F)(F)F)CC2)CC1. The first-order valence-electron chi connectivity index (χ1n) is 11.5. The van der Waals surface area contributed by atoms with Crippen molar-refractivity contribution < 1.29 is 13.2 Å². The normalized spacial score (nSPS) is 33.3. The van der Waals surface area contributed by atoms with E-state index in [0.717, 1.165) is 25.2 Å². The predicted octanol–water partition coefficient (Wildman–Crippen LogP) is 8.69. The van der Waals surface area contributed by atoms with Crippen LogP contribution >= 0.6 is 0 Å². The van der Waals surface area contributed by atoms with Crippen molar-refractivity contribution in [2.75, 3.05) is 0 Å². The second kappa shape index (κ2) is 10.4. The van der Waals surface area contributed by atoms with Crippen LogP contribution in [0.15, 0.2) is 0 Å². The van der Waals surface area contributed by atoms with Crippen LogP contribution in [0.2, 0.25) is 0 Å². The average molecular weight is 375 g/mol. The zero-order valence-electron chi connectivity index (χ0n) is 17.2. The topological polar surface area (TPSA) is 0 Å². The third-order valence-corrected chi connectivity index (χ3v) is 7.62. The van der Waals surface area contributed by atoms with Crippen LogP contribution in [-0.2, 0) is 0 Å². The fraction of sp³-hybridized carbons (Fsp3) is 1.00. The first kappa shape index (κ1) is 22.1. The molecule has 0 heterocycles. The Hall–Kier alpha value is -0.210. The Morgan fingerprint density at radius 2 is 1.31 bits per heavy atom. The van der Waals surface area contributed by atoms with E-state index in [-0.39, 0.29) is 0 Å². The van der Waals surface area contributed by atoms with E-state index in [9.17, 15) is 13.2 Å². The molecular weight excluding hydrogens is 333 g/mol. The fourth-order valence-electron chi connectivity index (χ4n) is 5.66. The summed E-state index contributed by atoms with van der Waals surface area (Å²) in [7, 11) is 0. The van der Waals surface area contributed by atoms with Crippen LogP contribution in [0.25, 0.3) is 0 Å². The highest BCUT2D eigenvalue weighted by Crippen LogP contribution is 2.55. The largest absolute Gasteiger partial charge is 0.394 e. The molecule has 0 amide bonds. The Balaban J connectivity index is 1.76. The van der Waals surface area contributed by atoms with Crippen molar-refractivity contribution in [3.05, 3.63) is 0 Å². The molecule has 0 nitrogen and oxygen atoms in total. The predicted molar refractivity (Wildman–Crippen MR) is 104 cm³/mol. The second-order valence-electron chi connectivity index (χ2n) is 9.35. The molecule has 2 rings (SSSR count). The van der Waals surface area contributed by atoms with Crippen molar-refractivity contribution in [3.8, 4) is 0 Å². The maximum atomic E-state index is 13.7. The quantitative estimate of drug-likeness (QED) is 0.354. The van der Waals surface area contributed by atoms with Crippen molar-refractivity contribution in [2.45, 2.75) is 123 Å². The Labute approximate surface area is 159 Å². The number of hydrogen-bond acceptors (Lipinski definition) is 0. The number of halogens is 3. The van der Waals surface area contributed by atoms with E-state index in [1.807, 2.05) is 6.92 Å².